The van der Waals surface area contributed by atoms with Gasteiger partial charge in [0.1, 0.15) is 10.1 Å². The van der Waals surface area contributed by atoms with Crippen LogP contribution in [0.15, 0.2) is 11.4 Å². The summed E-state index contributed by atoms with van der Waals surface area (Å²) in [6.07, 6.45) is -0.421. The van der Waals surface area contributed by atoms with Crippen LogP contribution in [0.4, 0.5) is 9.57 Å². The largest absolute Gasteiger partial charge is 0.465 e. The molecule has 0 spiro atoms. The maximum absolute atomic E-state index is 12.9. The van der Waals surface area contributed by atoms with E-state index in [1.807, 2.05) is 0 Å². The van der Waals surface area contributed by atoms with Gasteiger partial charge in [-0.2, -0.15) is 8.42 Å². The van der Waals surface area contributed by atoms with Crippen LogP contribution in [0.3, 0.4) is 0 Å². The van der Waals surface area contributed by atoms with Gasteiger partial charge in [0, 0.05) is 13.0 Å². The van der Waals surface area contributed by atoms with Crippen molar-refractivity contribution in [3.8, 4) is 0 Å². The van der Waals surface area contributed by atoms with E-state index in [9.17, 15) is 21.9 Å². The molecular weight excluding hydrogens is 297 g/mol. The van der Waals surface area contributed by atoms with Gasteiger partial charge in [0.2, 0.25) is 5.91 Å². The first kappa shape index (κ1) is 13.9. The van der Waals surface area contributed by atoms with Crippen molar-refractivity contribution in [1.29, 1.82) is 0 Å². The van der Waals surface area contributed by atoms with Gasteiger partial charge in [-0.3, -0.25) is 4.79 Å². The van der Waals surface area contributed by atoms with Crippen molar-refractivity contribution in [2.45, 2.75) is 11.7 Å². The predicted octanol–water partition coefficient (Wildman–Crippen LogP) is 0.939. The molecular formula is C10H10FNO5S2. The Labute approximate surface area is 113 Å². The van der Waals surface area contributed by atoms with E-state index in [2.05, 4.69) is 4.74 Å². The first-order chi connectivity index (χ1) is 8.84. The van der Waals surface area contributed by atoms with Crippen molar-refractivity contribution in [2.24, 2.45) is 0 Å². The van der Waals surface area contributed by atoms with Crippen molar-refractivity contribution in [3.63, 3.8) is 0 Å². The first-order valence-corrected chi connectivity index (χ1v) is 7.57. The molecule has 0 aromatic carbocycles. The first-order valence-electron chi connectivity index (χ1n) is 5.24. The number of nitrogens with zero attached hydrogens (tertiary/aromatic N) is 1. The molecule has 1 amide bonds. The molecule has 1 unspecified atom stereocenters. The molecule has 1 aliphatic rings. The Balaban J connectivity index is 2.32. The van der Waals surface area contributed by atoms with Crippen molar-refractivity contribution < 1.29 is 26.6 Å². The topological polar surface area (TPSA) is 80.8 Å². The van der Waals surface area contributed by atoms with Gasteiger partial charge in [-0.15, -0.1) is 15.2 Å². The molecule has 2 rings (SSSR count). The van der Waals surface area contributed by atoms with Crippen LogP contribution in [0, 0.1) is 0 Å². The summed E-state index contributed by atoms with van der Waals surface area (Å²) >= 11 is 1.07. The molecule has 1 atom stereocenters. The van der Waals surface area contributed by atoms with Gasteiger partial charge in [0.25, 0.3) is 0 Å². The molecule has 2 heterocycles. The summed E-state index contributed by atoms with van der Waals surface area (Å²) in [5.74, 6) is -1.15. The number of thiophene rings is 1. The SMILES string of the molecule is COC(=O)c1sccc1N1CC(S(=O)(=O)F)CC1=O. The number of rotatable bonds is 3. The van der Waals surface area contributed by atoms with Gasteiger partial charge >= 0.3 is 16.2 Å². The molecule has 1 saturated heterocycles. The number of carbonyl (C=O) groups excluding carboxylic acids is 2. The lowest BCUT2D eigenvalue weighted by atomic mass is 10.3. The zero-order valence-electron chi connectivity index (χ0n) is 9.83. The number of ether oxygens (including phenoxy) is 1. The normalized spacial score (nSPS) is 19.8. The highest BCUT2D eigenvalue weighted by atomic mass is 32.3. The second-order valence-electron chi connectivity index (χ2n) is 3.93. The van der Waals surface area contributed by atoms with E-state index in [1.165, 1.54) is 13.2 Å². The molecule has 0 N–H and O–H groups in total. The number of hydrogen-bond donors (Lipinski definition) is 0. The molecule has 0 radical (unpaired) electrons. The molecule has 0 saturated carbocycles. The lowest BCUT2D eigenvalue weighted by Gasteiger charge is -2.15. The Morgan fingerprint density at radius 2 is 2.26 bits per heavy atom. The Hall–Kier alpha value is -1.48. The van der Waals surface area contributed by atoms with Gasteiger partial charge in [-0.05, 0) is 11.4 Å². The van der Waals surface area contributed by atoms with Crippen molar-refractivity contribution in [2.75, 3.05) is 18.6 Å². The monoisotopic (exact) mass is 307 g/mol. The third-order valence-electron chi connectivity index (χ3n) is 2.79. The lowest BCUT2D eigenvalue weighted by molar-refractivity contribution is -0.117. The quantitative estimate of drug-likeness (QED) is 0.613. The van der Waals surface area contributed by atoms with Gasteiger partial charge in [0.05, 0.1) is 12.8 Å². The van der Waals surface area contributed by atoms with E-state index < -0.39 is 33.8 Å². The van der Waals surface area contributed by atoms with Crippen LogP contribution in [0.1, 0.15) is 16.1 Å². The minimum atomic E-state index is -4.77. The summed E-state index contributed by atoms with van der Waals surface area (Å²) in [4.78, 5) is 24.5. The smallest absolute Gasteiger partial charge is 0.350 e. The van der Waals surface area contributed by atoms with Crippen LogP contribution in [-0.4, -0.2) is 39.2 Å². The molecule has 104 valence electrons. The number of esters is 1. The van der Waals surface area contributed by atoms with E-state index in [-0.39, 0.29) is 17.1 Å². The van der Waals surface area contributed by atoms with Gasteiger partial charge in [0.15, 0.2) is 0 Å². The summed E-state index contributed by atoms with van der Waals surface area (Å²) < 4.78 is 39.1. The zero-order valence-corrected chi connectivity index (χ0v) is 11.5. The van der Waals surface area contributed by atoms with Crippen LogP contribution < -0.4 is 4.90 Å². The Morgan fingerprint density at radius 1 is 1.58 bits per heavy atom. The highest BCUT2D eigenvalue weighted by Crippen LogP contribution is 2.32. The Kier molecular flexibility index (Phi) is 3.59. The maximum Gasteiger partial charge on any atom is 0.350 e. The molecule has 0 aliphatic carbocycles. The Morgan fingerprint density at radius 3 is 2.79 bits per heavy atom. The number of amides is 1. The van der Waals surface area contributed by atoms with Crippen molar-refractivity contribution in [1.82, 2.24) is 0 Å². The molecule has 6 nitrogen and oxygen atoms in total. The maximum atomic E-state index is 12.9. The predicted molar refractivity (Wildman–Crippen MR) is 66.4 cm³/mol. The molecule has 19 heavy (non-hydrogen) atoms. The summed E-state index contributed by atoms with van der Waals surface area (Å²) in [5, 5.41) is 0.192. The third-order valence-corrected chi connectivity index (χ3v) is 4.79. The minimum absolute atomic E-state index is 0.188. The lowest BCUT2D eigenvalue weighted by Crippen LogP contribution is -2.27. The van der Waals surface area contributed by atoms with E-state index in [1.54, 1.807) is 5.38 Å². The van der Waals surface area contributed by atoms with E-state index >= 15 is 0 Å². The van der Waals surface area contributed by atoms with Crippen LogP contribution in [0.2, 0.25) is 0 Å². The van der Waals surface area contributed by atoms with Crippen molar-refractivity contribution >= 4 is 39.1 Å². The number of carbonyl (C=O) groups is 2. The fourth-order valence-corrected chi connectivity index (χ4v) is 3.34. The average Bonchev–Trinajstić information content (AvgIpc) is 2.92. The molecule has 9 heteroatoms. The summed E-state index contributed by atoms with van der Waals surface area (Å²) in [7, 11) is -3.57. The molecule has 1 aliphatic heterocycles. The average molecular weight is 307 g/mol. The highest BCUT2D eigenvalue weighted by Gasteiger charge is 2.40. The third kappa shape index (κ3) is 2.61. The highest BCUT2D eigenvalue weighted by molar-refractivity contribution is 7.87. The number of hydrogen-bond acceptors (Lipinski definition) is 6. The van der Waals surface area contributed by atoms with Crippen LogP contribution in [0.25, 0.3) is 0 Å². The molecule has 0 bridgehead atoms. The number of anilines is 1. The minimum Gasteiger partial charge on any atom is -0.465 e. The standard InChI is InChI=1S/C10H10FNO5S2/c1-17-10(14)9-7(2-3-18-9)12-5-6(4-8(12)13)19(11,15)16/h2-3,6H,4-5H2,1H3. The van der Waals surface area contributed by atoms with Gasteiger partial charge in [-0.1, -0.05) is 0 Å². The van der Waals surface area contributed by atoms with Gasteiger partial charge in [-0.25, -0.2) is 4.79 Å². The summed E-state index contributed by atoms with van der Waals surface area (Å²) in [6.45, 7) is -0.293. The number of methoxy groups -OCH3 is 1. The van der Waals surface area contributed by atoms with E-state index in [0.29, 0.717) is 0 Å². The second-order valence-corrected chi connectivity index (χ2v) is 6.47. The fourth-order valence-electron chi connectivity index (χ4n) is 1.86. The fraction of sp³-hybridized carbons (Fsp3) is 0.400. The van der Waals surface area contributed by atoms with E-state index in [4.69, 9.17) is 0 Å². The van der Waals surface area contributed by atoms with Crippen LogP contribution in [0.5, 0.6) is 0 Å². The van der Waals surface area contributed by atoms with Gasteiger partial charge < -0.3 is 9.64 Å². The summed E-state index contributed by atoms with van der Waals surface area (Å²) in [5.41, 5.74) is 0.257. The molecule has 1 fully saturated rings. The number of halogens is 1. The molecule has 1 aromatic rings. The second kappa shape index (κ2) is 4.89. The van der Waals surface area contributed by atoms with Crippen molar-refractivity contribution in [3.05, 3.63) is 16.3 Å². The zero-order chi connectivity index (χ0) is 14.2. The molecule has 1 aromatic heterocycles. The van der Waals surface area contributed by atoms with Crippen LogP contribution >= 0.6 is 11.3 Å². The summed E-state index contributed by atoms with van der Waals surface area (Å²) in [6, 6.07) is 1.50. The Bertz CT molecular complexity index is 624. The van der Waals surface area contributed by atoms with Crippen LogP contribution in [-0.2, 0) is 19.8 Å². The van der Waals surface area contributed by atoms with E-state index in [0.717, 1.165) is 16.2 Å².